The van der Waals surface area contributed by atoms with Gasteiger partial charge in [0.2, 0.25) is 5.30 Å². The first-order valence-electron chi connectivity index (χ1n) is 2.90. The van der Waals surface area contributed by atoms with Gasteiger partial charge in [-0.05, 0) is 16.7 Å². The molecular formula is C6H8NaO4P2+. The van der Waals surface area contributed by atoms with E-state index in [4.69, 9.17) is 14.4 Å². The van der Waals surface area contributed by atoms with Crippen molar-refractivity contribution in [3.63, 3.8) is 0 Å². The van der Waals surface area contributed by atoms with Crippen molar-refractivity contribution in [2.45, 2.75) is 0 Å². The molecule has 0 saturated carbocycles. The zero-order chi connectivity index (χ0) is 9.40. The van der Waals surface area contributed by atoms with E-state index < -0.39 is 16.7 Å². The van der Waals surface area contributed by atoms with E-state index in [1.165, 1.54) is 0 Å². The summed E-state index contributed by atoms with van der Waals surface area (Å²) >= 11 is 0. The van der Waals surface area contributed by atoms with E-state index in [1.54, 1.807) is 24.3 Å². The predicted octanol–water partition coefficient (Wildman–Crippen LogP) is -1.65. The van der Waals surface area contributed by atoms with Crippen LogP contribution in [-0.2, 0) is 9.13 Å². The molecule has 0 aliphatic heterocycles. The first-order valence-corrected chi connectivity index (χ1v) is 4.88. The van der Waals surface area contributed by atoms with E-state index in [0.29, 0.717) is 5.30 Å². The minimum absolute atomic E-state index is 0. The zero-order valence-electron chi connectivity index (χ0n) is 7.99. The number of hydrogen-bond acceptors (Lipinski definition) is 2. The molecule has 13 heavy (non-hydrogen) atoms. The molecule has 1 aromatic carbocycles. The van der Waals surface area contributed by atoms with Crippen molar-refractivity contribution in [2.75, 3.05) is 0 Å². The van der Waals surface area contributed by atoms with Crippen LogP contribution in [0.15, 0.2) is 30.3 Å². The Morgan fingerprint density at radius 2 is 1.69 bits per heavy atom. The van der Waals surface area contributed by atoms with Crippen LogP contribution in [0.25, 0.3) is 0 Å². The maximum absolute atomic E-state index is 10.3. The van der Waals surface area contributed by atoms with Crippen molar-refractivity contribution in [3.8, 4) is 0 Å². The molecule has 66 valence electrons. The van der Waals surface area contributed by atoms with Crippen LogP contribution < -0.4 is 34.9 Å². The van der Waals surface area contributed by atoms with E-state index in [9.17, 15) is 4.57 Å². The van der Waals surface area contributed by atoms with Gasteiger partial charge in [-0.15, -0.1) is 0 Å². The van der Waals surface area contributed by atoms with Gasteiger partial charge in [-0.2, -0.15) is 4.89 Å². The van der Waals surface area contributed by atoms with Gasteiger partial charge >= 0.3 is 46.3 Å². The molecule has 7 heteroatoms. The Morgan fingerprint density at radius 3 is 1.92 bits per heavy atom. The minimum atomic E-state index is -2.15. The van der Waals surface area contributed by atoms with Gasteiger partial charge < -0.3 is 6.32 Å². The first-order chi connectivity index (χ1) is 5.72. The van der Waals surface area contributed by atoms with Crippen LogP contribution in [0.4, 0.5) is 0 Å². The fraction of sp³-hybridized carbons (Fsp3) is 0. The molecule has 0 bridgehead atoms. The molecule has 2 N–H and O–H groups in total. The molecular weight excluding hydrogens is 221 g/mol. The Hall–Kier alpha value is 0.340. The SMILES string of the molecule is O=PO.O=[P+](O)c1ccccc1.[H-].[Na+]. The average molecular weight is 229 g/mol. The summed E-state index contributed by atoms with van der Waals surface area (Å²) in [7, 11) is -2.98. The third-order valence-electron chi connectivity index (χ3n) is 0.977. The molecule has 0 saturated heterocycles. The van der Waals surface area contributed by atoms with Crippen molar-refractivity contribution in [1.82, 2.24) is 0 Å². The van der Waals surface area contributed by atoms with E-state index in [0.717, 1.165) is 0 Å². The van der Waals surface area contributed by atoms with Gasteiger partial charge in [0.25, 0.3) is 0 Å². The van der Waals surface area contributed by atoms with Crippen molar-refractivity contribution < 1.29 is 49.9 Å². The van der Waals surface area contributed by atoms with Crippen LogP contribution in [0.5, 0.6) is 0 Å². The second kappa shape index (κ2) is 10.4. The van der Waals surface area contributed by atoms with Crippen LogP contribution in [0.2, 0.25) is 0 Å². The summed E-state index contributed by atoms with van der Waals surface area (Å²) in [6.07, 6.45) is 0. The van der Waals surface area contributed by atoms with Gasteiger partial charge in [0.15, 0.2) is 0 Å². The summed E-state index contributed by atoms with van der Waals surface area (Å²) in [5, 5.41) is 0.479. The Morgan fingerprint density at radius 1 is 1.31 bits per heavy atom. The maximum Gasteiger partial charge on any atom is 1.00 e. The molecule has 1 atom stereocenters. The number of hydrogen-bond donors (Lipinski definition) is 2. The second-order valence-electron chi connectivity index (χ2n) is 1.69. The standard InChI is InChI=1S/C6H5O2P.Na.HO2P.H/c7-9(8)6-4-2-1-3-5-6;;1-3-2;/h1-5H;;(H,1,2);/q;+1;;-1/p+1. The van der Waals surface area contributed by atoms with Crippen molar-refractivity contribution >= 4 is 22.0 Å². The zero-order valence-corrected chi connectivity index (χ0v) is 10.8. The van der Waals surface area contributed by atoms with Crippen LogP contribution >= 0.6 is 16.7 Å². The fourth-order valence-electron chi connectivity index (χ4n) is 0.556. The monoisotopic (exact) mass is 229 g/mol. The molecule has 0 aromatic heterocycles. The van der Waals surface area contributed by atoms with Gasteiger partial charge in [-0.25, -0.2) is 4.57 Å². The van der Waals surface area contributed by atoms with Crippen molar-refractivity contribution in [1.29, 1.82) is 0 Å². The Kier molecular flexibility index (Phi) is 12.7. The van der Waals surface area contributed by atoms with Crippen LogP contribution in [-0.4, -0.2) is 9.79 Å². The van der Waals surface area contributed by atoms with E-state index in [1.807, 2.05) is 6.07 Å². The topological polar surface area (TPSA) is 74.6 Å². The number of benzene rings is 1. The van der Waals surface area contributed by atoms with Crippen molar-refractivity contribution in [2.24, 2.45) is 0 Å². The van der Waals surface area contributed by atoms with Gasteiger partial charge in [0.1, 0.15) is 0 Å². The maximum atomic E-state index is 10.3. The normalized spacial score (nSPS) is 9.23. The summed E-state index contributed by atoms with van der Waals surface area (Å²) in [5.74, 6) is 0. The van der Waals surface area contributed by atoms with Crippen molar-refractivity contribution in [3.05, 3.63) is 30.3 Å². The average Bonchev–Trinajstić information content (AvgIpc) is 2.07. The molecule has 4 nitrogen and oxygen atoms in total. The summed E-state index contributed by atoms with van der Waals surface area (Å²) < 4.78 is 18.8. The molecule has 1 aromatic rings. The minimum Gasteiger partial charge on any atom is -1.00 e. The van der Waals surface area contributed by atoms with Gasteiger partial charge in [0.05, 0.1) is 0 Å². The van der Waals surface area contributed by atoms with Gasteiger partial charge in [-0.1, -0.05) is 18.2 Å². The molecule has 1 unspecified atom stereocenters. The summed E-state index contributed by atoms with van der Waals surface area (Å²) in [6, 6.07) is 8.53. The van der Waals surface area contributed by atoms with Gasteiger partial charge in [0, 0.05) is 0 Å². The van der Waals surface area contributed by atoms with Crippen LogP contribution in [0.3, 0.4) is 0 Å². The largest absolute Gasteiger partial charge is 1.00 e. The fourth-order valence-corrected chi connectivity index (χ4v) is 0.983. The molecule has 0 aliphatic rings. The Labute approximate surface area is 102 Å². The third-order valence-corrected chi connectivity index (χ3v) is 1.72. The van der Waals surface area contributed by atoms with Crippen LogP contribution in [0.1, 0.15) is 1.43 Å². The van der Waals surface area contributed by atoms with E-state index in [2.05, 4.69) is 0 Å². The molecule has 0 spiro atoms. The molecule has 0 amide bonds. The molecule has 0 fully saturated rings. The third kappa shape index (κ3) is 8.66. The summed E-state index contributed by atoms with van der Waals surface area (Å²) in [5.41, 5.74) is 0. The second-order valence-corrected chi connectivity index (χ2v) is 2.92. The molecule has 1 rings (SSSR count). The predicted molar refractivity (Wildman–Crippen MR) is 46.8 cm³/mol. The molecule has 0 aliphatic carbocycles. The van der Waals surface area contributed by atoms with Crippen LogP contribution in [0, 0.1) is 0 Å². The van der Waals surface area contributed by atoms with E-state index in [-0.39, 0.29) is 31.0 Å². The summed E-state index contributed by atoms with van der Waals surface area (Å²) in [6.45, 7) is 0. The van der Waals surface area contributed by atoms with Gasteiger partial charge in [-0.3, -0.25) is 0 Å². The Bertz CT molecular complexity index is 259. The quantitative estimate of drug-likeness (QED) is 0.447. The van der Waals surface area contributed by atoms with E-state index >= 15 is 0 Å². The molecule has 0 heterocycles. The first kappa shape index (κ1) is 15.8. The smallest absolute Gasteiger partial charge is 1.00 e. The number of rotatable bonds is 1. The Balaban J connectivity index is -0.000000218. The summed E-state index contributed by atoms with van der Waals surface area (Å²) in [4.78, 5) is 15.5. The molecule has 0 radical (unpaired) electrons.